The summed E-state index contributed by atoms with van der Waals surface area (Å²) in [6, 6.07) is 7.37. The van der Waals surface area contributed by atoms with Gasteiger partial charge in [0.1, 0.15) is 6.04 Å². The van der Waals surface area contributed by atoms with Crippen molar-refractivity contribution in [3.63, 3.8) is 0 Å². The van der Waals surface area contributed by atoms with Crippen LogP contribution in [-0.2, 0) is 20.7 Å². The molecule has 2 amide bonds. The molecule has 2 heterocycles. The molecule has 2 aromatic rings. The van der Waals surface area contributed by atoms with Gasteiger partial charge >= 0.3 is 0 Å². The predicted molar refractivity (Wildman–Crippen MR) is 109 cm³/mol. The SMILES string of the molecule is COCCN(C(=O)Cc1cccs1)C(C(=O)NC1CCCC1)c1cccs1. The van der Waals surface area contributed by atoms with E-state index < -0.39 is 6.04 Å². The maximum Gasteiger partial charge on any atom is 0.248 e. The lowest BCUT2D eigenvalue weighted by Gasteiger charge is -2.31. The van der Waals surface area contributed by atoms with E-state index in [0.717, 1.165) is 35.4 Å². The molecule has 1 aliphatic carbocycles. The number of nitrogens with zero attached hydrogens (tertiary/aromatic N) is 1. The molecule has 7 heteroatoms. The number of carbonyl (C=O) groups is 2. The van der Waals surface area contributed by atoms with E-state index >= 15 is 0 Å². The lowest BCUT2D eigenvalue weighted by Crippen LogP contribution is -2.47. The second kappa shape index (κ2) is 10.0. The Balaban J connectivity index is 1.82. The molecular formula is C20H26N2O3S2. The van der Waals surface area contributed by atoms with Crippen molar-refractivity contribution >= 4 is 34.5 Å². The highest BCUT2D eigenvalue weighted by atomic mass is 32.1. The summed E-state index contributed by atoms with van der Waals surface area (Å²) >= 11 is 3.07. The summed E-state index contributed by atoms with van der Waals surface area (Å²) in [5, 5.41) is 7.09. The third-order valence-electron chi connectivity index (χ3n) is 4.84. The summed E-state index contributed by atoms with van der Waals surface area (Å²) in [5.74, 6) is -0.130. The molecule has 2 aromatic heterocycles. The van der Waals surface area contributed by atoms with Gasteiger partial charge in [-0.2, -0.15) is 0 Å². The predicted octanol–water partition coefficient (Wildman–Crippen LogP) is 3.63. The first-order valence-corrected chi connectivity index (χ1v) is 11.1. The second-order valence-corrected chi connectivity index (χ2v) is 8.76. The zero-order chi connectivity index (χ0) is 19.1. The van der Waals surface area contributed by atoms with Gasteiger partial charge in [-0.05, 0) is 35.7 Å². The van der Waals surface area contributed by atoms with Gasteiger partial charge in [-0.15, -0.1) is 22.7 Å². The second-order valence-electron chi connectivity index (χ2n) is 6.74. The lowest BCUT2D eigenvalue weighted by atomic mass is 10.1. The number of amides is 2. The van der Waals surface area contributed by atoms with Gasteiger partial charge in [0.05, 0.1) is 13.0 Å². The first-order chi connectivity index (χ1) is 13.2. The van der Waals surface area contributed by atoms with Crippen molar-refractivity contribution in [2.75, 3.05) is 20.3 Å². The highest BCUT2D eigenvalue weighted by molar-refractivity contribution is 7.10. The quantitative estimate of drug-likeness (QED) is 0.692. The van der Waals surface area contributed by atoms with E-state index in [2.05, 4.69) is 5.32 Å². The number of nitrogens with one attached hydrogen (secondary N) is 1. The molecule has 1 unspecified atom stereocenters. The molecule has 1 aliphatic rings. The van der Waals surface area contributed by atoms with Crippen LogP contribution >= 0.6 is 22.7 Å². The van der Waals surface area contributed by atoms with Crippen molar-refractivity contribution in [1.82, 2.24) is 10.2 Å². The average molecular weight is 407 g/mol. The van der Waals surface area contributed by atoms with Crippen LogP contribution in [0.15, 0.2) is 35.0 Å². The molecule has 0 bridgehead atoms. The van der Waals surface area contributed by atoms with Crippen LogP contribution in [0.1, 0.15) is 41.5 Å². The van der Waals surface area contributed by atoms with Crippen LogP contribution in [-0.4, -0.2) is 43.0 Å². The fourth-order valence-corrected chi connectivity index (χ4v) is 5.00. The van der Waals surface area contributed by atoms with E-state index in [0.29, 0.717) is 19.6 Å². The highest BCUT2D eigenvalue weighted by Crippen LogP contribution is 2.28. The van der Waals surface area contributed by atoms with Crippen LogP contribution in [0.3, 0.4) is 0 Å². The van der Waals surface area contributed by atoms with Gasteiger partial charge < -0.3 is 15.0 Å². The monoisotopic (exact) mass is 406 g/mol. The molecule has 0 saturated heterocycles. The smallest absolute Gasteiger partial charge is 0.248 e. The molecule has 146 valence electrons. The molecule has 0 aliphatic heterocycles. The number of ether oxygens (including phenoxy) is 1. The number of thiophene rings is 2. The molecule has 0 spiro atoms. The minimum absolute atomic E-state index is 0.0468. The van der Waals surface area contributed by atoms with Gasteiger partial charge in [0, 0.05) is 29.5 Å². The first-order valence-electron chi connectivity index (χ1n) is 9.33. The first kappa shape index (κ1) is 20.0. The molecule has 27 heavy (non-hydrogen) atoms. The summed E-state index contributed by atoms with van der Waals surface area (Å²) in [5.41, 5.74) is 0. The van der Waals surface area contributed by atoms with E-state index in [1.54, 1.807) is 23.3 Å². The highest BCUT2D eigenvalue weighted by Gasteiger charge is 2.33. The minimum atomic E-state index is -0.604. The van der Waals surface area contributed by atoms with Crippen molar-refractivity contribution in [3.8, 4) is 0 Å². The topological polar surface area (TPSA) is 58.6 Å². The summed E-state index contributed by atoms with van der Waals surface area (Å²) in [7, 11) is 1.61. The van der Waals surface area contributed by atoms with Gasteiger partial charge in [0.25, 0.3) is 0 Å². The molecule has 1 saturated carbocycles. The molecule has 1 fully saturated rings. The summed E-state index contributed by atoms with van der Waals surface area (Å²) < 4.78 is 5.22. The number of hydrogen-bond acceptors (Lipinski definition) is 5. The van der Waals surface area contributed by atoms with Crippen LogP contribution in [0.25, 0.3) is 0 Å². The summed E-state index contributed by atoms with van der Waals surface area (Å²) in [6.45, 7) is 0.788. The molecule has 1 atom stereocenters. The Hall–Kier alpha value is -1.70. The van der Waals surface area contributed by atoms with E-state index in [1.165, 1.54) is 11.3 Å². The fraction of sp³-hybridized carbons (Fsp3) is 0.500. The van der Waals surface area contributed by atoms with E-state index in [9.17, 15) is 9.59 Å². The number of hydrogen-bond donors (Lipinski definition) is 1. The standard InChI is InChI=1S/C20H26N2O3S2/c1-25-11-10-22(18(23)14-16-8-4-12-26-16)19(17-9-5-13-27-17)20(24)21-15-6-2-3-7-15/h4-5,8-9,12-13,15,19H,2-3,6-7,10-11,14H2,1H3,(H,21,24). The van der Waals surface area contributed by atoms with Crippen LogP contribution in [0.2, 0.25) is 0 Å². The van der Waals surface area contributed by atoms with Gasteiger partial charge in [-0.1, -0.05) is 25.0 Å². The molecule has 5 nitrogen and oxygen atoms in total. The third kappa shape index (κ3) is 5.40. The Labute approximate surface area is 168 Å². The van der Waals surface area contributed by atoms with Crippen molar-refractivity contribution in [1.29, 1.82) is 0 Å². The van der Waals surface area contributed by atoms with E-state index in [-0.39, 0.29) is 17.9 Å². The molecule has 0 aromatic carbocycles. The van der Waals surface area contributed by atoms with Gasteiger partial charge in [-0.25, -0.2) is 0 Å². The zero-order valence-corrected chi connectivity index (χ0v) is 17.2. The van der Waals surface area contributed by atoms with Crippen LogP contribution in [0.4, 0.5) is 0 Å². The van der Waals surface area contributed by atoms with Gasteiger partial charge in [0.15, 0.2) is 0 Å². The fourth-order valence-electron chi connectivity index (χ4n) is 3.47. The Morgan fingerprint density at radius 1 is 1.22 bits per heavy atom. The van der Waals surface area contributed by atoms with Crippen LogP contribution in [0, 0.1) is 0 Å². The Morgan fingerprint density at radius 2 is 1.96 bits per heavy atom. The van der Waals surface area contributed by atoms with Crippen LogP contribution < -0.4 is 5.32 Å². The maximum absolute atomic E-state index is 13.2. The Bertz CT molecular complexity index is 710. The van der Waals surface area contributed by atoms with Crippen molar-refractivity contribution in [3.05, 3.63) is 44.8 Å². The third-order valence-corrected chi connectivity index (χ3v) is 6.64. The summed E-state index contributed by atoms with van der Waals surface area (Å²) in [4.78, 5) is 29.8. The molecule has 1 N–H and O–H groups in total. The van der Waals surface area contributed by atoms with E-state index in [4.69, 9.17) is 4.74 Å². The van der Waals surface area contributed by atoms with Crippen LogP contribution in [0.5, 0.6) is 0 Å². The Kier molecular flexibility index (Phi) is 7.43. The number of methoxy groups -OCH3 is 1. The normalized spacial score (nSPS) is 15.6. The largest absolute Gasteiger partial charge is 0.383 e. The zero-order valence-electron chi connectivity index (χ0n) is 15.6. The lowest BCUT2D eigenvalue weighted by molar-refractivity contribution is -0.141. The Morgan fingerprint density at radius 3 is 2.59 bits per heavy atom. The number of carbonyl (C=O) groups excluding carboxylic acids is 2. The minimum Gasteiger partial charge on any atom is -0.383 e. The molecule has 0 radical (unpaired) electrons. The maximum atomic E-state index is 13.2. The molecule has 3 rings (SSSR count). The number of rotatable bonds is 9. The van der Waals surface area contributed by atoms with Crippen molar-refractivity contribution in [2.24, 2.45) is 0 Å². The summed E-state index contributed by atoms with van der Waals surface area (Å²) in [6.07, 6.45) is 4.65. The van der Waals surface area contributed by atoms with Gasteiger partial charge in [-0.3, -0.25) is 9.59 Å². The molecular weight excluding hydrogens is 380 g/mol. The van der Waals surface area contributed by atoms with Crippen molar-refractivity contribution < 1.29 is 14.3 Å². The van der Waals surface area contributed by atoms with Gasteiger partial charge in [0.2, 0.25) is 11.8 Å². The van der Waals surface area contributed by atoms with E-state index in [1.807, 2.05) is 35.0 Å². The average Bonchev–Trinajstić information content (AvgIpc) is 3.41. The van der Waals surface area contributed by atoms with Crippen molar-refractivity contribution in [2.45, 2.75) is 44.2 Å².